The highest BCUT2D eigenvalue weighted by Crippen LogP contribution is 2.41. The number of hydrogen-bond acceptors (Lipinski definition) is 6. The van der Waals surface area contributed by atoms with Gasteiger partial charge in [0.1, 0.15) is 6.61 Å². The van der Waals surface area contributed by atoms with Gasteiger partial charge in [0.2, 0.25) is 5.60 Å². The van der Waals surface area contributed by atoms with Crippen molar-refractivity contribution in [3.63, 3.8) is 0 Å². The van der Waals surface area contributed by atoms with E-state index in [1.54, 1.807) is 17.6 Å². The highest BCUT2D eigenvalue weighted by atomic mass is 35.5. The summed E-state index contributed by atoms with van der Waals surface area (Å²) in [6.07, 6.45) is 0.0815. The van der Waals surface area contributed by atoms with Crippen molar-refractivity contribution in [1.29, 1.82) is 0 Å². The number of cyclic esters (lactones) is 1. The summed E-state index contributed by atoms with van der Waals surface area (Å²) in [6.45, 7) is 1.86. The standard InChI is InChI=1S/C21H15ClN2O5/c1-2-21(29-20(22)27)14-8-16-17-12(7-11-5-3-4-6-15(11)23-17)9-24(16)18(25)13(14)10-28-19(21)26/h3-8H,2,9-10H2,1H3/t21-/m0/s1. The van der Waals surface area contributed by atoms with Gasteiger partial charge in [-0.05, 0) is 24.6 Å². The molecule has 0 radical (unpaired) electrons. The van der Waals surface area contributed by atoms with Gasteiger partial charge < -0.3 is 14.0 Å². The van der Waals surface area contributed by atoms with Crippen LogP contribution in [0.4, 0.5) is 4.79 Å². The van der Waals surface area contributed by atoms with Crippen LogP contribution in [0.25, 0.3) is 22.3 Å². The van der Waals surface area contributed by atoms with Crippen LogP contribution in [-0.2, 0) is 33.0 Å². The molecule has 2 aliphatic rings. The SMILES string of the molecule is CC[C@@]1(OC(=O)Cl)C(=O)OCc2c1cc1n(c2=O)Cc2cc3ccccc3nc2-1. The molecule has 0 saturated carbocycles. The van der Waals surface area contributed by atoms with Crippen molar-refractivity contribution in [2.24, 2.45) is 0 Å². The number of halogens is 1. The maximum atomic E-state index is 13.2. The molecule has 0 unspecified atom stereocenters. The number of pyridine rings is 2. The van der Waals surface area contributed by atoms with E-state index in [-0.39, 0.29) is 24.2 Å². The van der Waals surface area contributed by atoms with Gasteiger partial charge in [-0.3, -0.25) is 4.79 Å². The van der Waals surface area contributed by atoms with Crippen molar-refractivity contribution < 1.29 is 19.1 Å². The monoisotopic (exact) mass is 410 g/mol. The van der Waals surface area contributed by atoms with Crippen molar-refractivity contribution in [3.05, 3.63) is 63.4 Å². The number of fused-ring (bicyclic) bond motifs is 5. The van der Waals surface area contributed by atoms with Crippen LogP contribution in [0.1, 0.15) is 30.0 Å². The highest BCUT2D eigenvalue weighted by molar-refractivity contribution is 6.61. The number of hydrogen-bond donors (Lipinski definition) is 0. The van der Waals surface area contributed by atoms with Crippen LogP contribution in [0, 0.1) is 0 Å². The lowest BCUT2D eigenvalue weighted by atomic mass is 9.85. The molecule has 0 amide bonds. The quantitative estimate of drug-likeness (QED) is 0.371. The summed E-state index contributed by atoms with van der Waals surface area (Å²) in [4.78, 5) is 42.1. The Morgan fingerprint density at radius 2 is 2.10 bits per heavy atom. The van der Waals surface area contributed by atoms with E-state index < -0.39 is 17.0 Å². The third-order valence-electron chi connectivity index (χ3n) is 5.64. The lowest BCUT2D eigenvalue weighted by Gasteiger charge is -2.34. The summed E-state index contributed by atoms with van der Waals surface area (Å²) in [7, 11) is 0. The molecule has 146 valence electrons. The fourth-order valence-electron chi connectivity index (χ4n) is 4.22. The Bertz CT molecular complexity index is 1280. The molecule has 5 rings (SSSR count). The number of carbonyl (C=O) groups is 2. The van der Waals surface area contributed by atoms with E-state index in [0.29, 0.717) is 23.5 Å². The van der Waals surface area contributed by atoms with Crippen LogP contribution >= 0.6 is 11.6 Å². The Labute approximate surface area is 169 Å². The highest BCUT2D eigenvalue weighted by Gasteiger charge is 2.50. The Morgan fingerprint density at radius 1 is 1.31 bits per heavy atom. The lowest BCUT2D eigenvalue weighted by Crippen LogP contribution is -2.46. The topological polar surface area (TPSA) is 87.5 Å². The van der Waals surface area contributed by atoms with Crippen LogP contribution < -0.4 is 5.56 Å². The average molecular weight is 411 g/mol. The minimum atomic E-state index is -1.75. The van der Waals surface area contributed by atoms with Crippen molar-refractivity contribution in [3.8, 4) is 11.4 Å². The maximum absolute atomic E-state index is 13.2. The number of aromatic nitrogens is 2. The zero-order valence-corrected chi connectivity index (χ0v) is 16.2. The number of ether oxygens (including phenoxy) is 2. The first kappa shape index (κ1) is 17.9. The minimum absolute atomic E-state index is 0.0815. The van der Waals surface area contributed by atoms with Crippen molar-refractivity contribution in [2.45, 2.75) is 32.1 Å². The zero-order chi connectivity index (χ0) is 20.3. The molecule has 0 spiro atoms. The van der Waals surface area contributed by atoms with Crippen molar-refractivity contribution >= 4 is 33.9 Å². The van der Waals surface area contributed by atoms with Gasteiger partial charge in [-0.2, -0.15) is 0 Å². The van der Waals surface area contributed by atoms with E-state index in [0.717, 1.165) is 16.5 Å². The number of rotatable bonds is 2. The van der Waals surface area contributed by atoms with Gasteiger partial charge in [0.15, 0.2) is 0 Å². The Balaban J connectivity index is 1.79. The second-order valence-corrected chi connectivity index (χ2v) is 7.41. The maximum Gasteiger partial charge on any atom is 0.405 e. The molecule has 0 fully saturated rings. The second kappa shape index (κ2) is 6.15. The largest absolute Gasteiger partial charge is 0.457 e. The molecule has 2 aromatic heterocycles. The van der Waals surface area contributed by atoms with E-state index in [9.17, 15) is 14.4 Å². The molecule has 0 aliphatic carbocycles. The summed E-state index contributed by atoms with van der Waals surface area (Å²) >= 11 is 5.45. The first-order valence-corrected chi connectivity index (χ1v) is 9.54. The summed E-state index contributed by atoms with van der Waals surface area (Å²) in [6, 6.07) is 11.4. The van der Waals surface area contributed by atoms with Crippen molar-refractivity contribution in [1.82, 2.24) is 9.55 Å². The third kappa shape index (κ3) is 2.43. The Kier molecular flexibility index (Phi) is 3.79. The van der Waals surface area contributed by atoms with E-state index in [2.05, 4.69) is 0 Å². The molecule has 2 aliphatic heterocycles. The summed E-state index contributed by atoms with van der Waals surface area (Å²) in [5.41, 5.74) is 0.371. The predicted octanol–water partition coefficient (Wildman–Crippen LogP) is 3.46. The molecule has 0 saturated heterocycles. The van der Waals surface area contributed by atoms with Gasteiger partial charge in [-0.1, -0.05) is 25.1 Å². The molecule has 29 heavy (non-hydrogen) atoms. The molecule has 4 heterocycles. The number of para-hydroxylation sites is 1. The number of nitrogens with zero attached hydrogens (tertiary/aromatic N) is 2. The van der Waals surface area contributed by atoms with Crippen LogP contribution in [0.2, 0.25) is 0 Å². The summed E-state index contributed by atoms with van der Waals surface area (Å²) in [5, 5.41) is 0.981. The minimum Gasteiger partial charge on any atom is -0.457 e. The molecular weight excluding hydrogens is 396 g/mol. The van der Waals surface area contributed by atoms with E-state index in [1.807, 2.05) is 30.3 Å². The first-order valence-electron chi connectivity index (χ1n) is 9.16. The van der Waals surface area contributed by atoms with Gasteiger partial charge >= 0.3 is 11.4 Å². The van der Waals surface area contributed by atoms with E-state index in [4.69, 9.17) is 26.1 Å². The lowest BCUT2D eigenvalue weighted by molar-refractivity contribution is -0.171. The summed E-state index contributed by atoms with van der Waals surface area (Å²) in [5.74, 6) is -0.740. The molecule has 7 nitrogen and oxygen atoms in total. The summed E-state index contributed by atoms with van der Waals surface area (Å²) < 4.78 is 12.0. The zero-order valence-electron chi connectivity index (χ0n) is 15.4. The Hall–Kier alpha value is -3.19. The molecule has 8 heteroatoms. The van der Waals surface area contributed by atoms with Gasteiger partial charge in [0, 0.05) is 28.1 Å². The van der Waals surface area contributed by atoms with Crippen LogP contribution in [0.5, 0.6) is 0 Å². The van der Waals surface area contributed by atoms with Crippen LogP contribution in [0.3, 0.4) is 0 Å². The van der Waals surface area contributed by atoms with E-state index >= 15 is 0 Å². The average Bonchev–Trinajstić information content (AvgIpc) is 3.06. The molecule has 0 bridgehead atoms. The van der Waals surface area contributed by atoms with E-state index in [1.165, 1.54) is 0 Å². The van der Waals surface area contributed by atoms with Crippen LogP contribution in [-0.4, -0.2) is 20.9 Å². The Morgan fingerprint density at radius 3 is 2.86 bits per heavy atom. The van der Waals surface area contributed by atoms with Gasteiger partial charge in [-0.25, -0.2) is 14.6 Å². The fourth-order valence-corrected chi connectivity index (χ4v) is 4.35. The van der Waals surface area contributed by atoms with Crippen molar-refractivity contribution in [2.75, 3.05) is 0 Å². The molecule has 0 N–H and O–H groups in total. The number of benzene rings is 1. The fraction of sp³-hybridized carbons (Fsp3) is 0.238. The van der Waals surface area contributed by atoms with Gasteiger partial charge in [-0.15, -0.1) is 0 Å². The van der Waals surface area contributed by atoms with Crippen LogP contribution in [0.15, 0.2) is 41.2 Å². The molecule has 1 aromatic carbocycles. The first-order chi connectivity index (χ1) is 13.9. The van der Waals surface area contributed by atoms with Gasteiger partial charge in [0.25, 0.3) is 5.56 Å². The normalized spacial score (nSPS) is 19.3. The van der Waals surface area contributed by atoms with Gasteiger partial charge in [0.05, 0.1) is 29.0 Å². The smallest absolute Gasteiger partial charge is 0.405 e. The second-order valence-electron chi connectivity index (χ2n) is 7.10. The predicted molar refractivity (Wildman–Crippen MR) is 105 cm³/mol. The molecule has 1 atom stereocenters. The molecular formula is C21H15ClN2O5. The number of carbonyl (C=O) groups excluding carboxylic acids is 2. The molecule has 3 aromatic rings. The third-order valence-corrected chi connectivity index (χ3v) is 5.72. The number of esters is 1.